The fourth-order valence-corrected chi connectivity index (χ4v) is 10.8. The predicted molar refractivity (Wildman–Crippen MR) is 250 cm³/mol. The molecule has 3 unspecified atom stereocenters. The summed E-state index contributed by atoms with van der Waals surface area (Å²) in [5, 5.41) is 21.0. The van der Waals surface area contributed by atoms with Gasteiger partial charge in [0.1, 0.15) is 0 Å². The zero-order valence-corrected chi connectivity index (χ0v) is 39.1. The maximum Gasteiger partial charge on any atom is 0.246 e. The van der Waals surface area contributed by atoms with E-state index in [2.05, 4.69) is 63.8 Å². The molecule has 4 aliphatic heterocycles. The molecular formula is C42H65Cl3N10O2S2. The number of rotatable bonds is 11. The highest BCUT2D eigenvalue weighted by atomic mass is 35.5. The van der Waals surface area contributed by atoms with Crippen molar-refractivity contribution >= 4 is 70.0 Å². The Morgan fingerprint density at radius 1 is 0.831 bits per heavy atom. The van der Waals surface area contributed by atoms with Gasteiger partial charge in [-0.2, -0.15) is 26.4 Å². The maximum atomic E-state index is 8.04. The van der Waals surface area contributed by atoms with Crippen molar-refractivity contribution in [2.45, 2.75) is 101 Å². The second-order valence-corrected chi connectivity index (χ2v) is 19.4. The van der Waals surface area contributed by atoms with Crippen LogP contribution in [-0.4, -0.2) is 132 Å². The molecule has 4 N–H and O–H groups in total. The minimum absolute atomic E-state index is 0. The minimum Gasteiger partial charge on any atom is -0.381 e. The molecule has 0 spiro atoms. The quantitative estimate of drug-likeness (QED) is 0.165. The molecule has 0 bridgehead atoms. The van der Waals surface area contributed by atoms with Gasteiger partial charge in [0, 0.05) is 74.6 Å². The lowest BCUT2D eigenvalue weighted by Gasteiger charge is -2.46. The van der Waals surface area contributed by atoms with Gasteiger partial charge in [0.2, 0.25) is 18.1 Å². The number of piperidine rings is 4. The fraction of sp³-hybridized carbons (Fsp3) is 0.643. The monoisotopic (exact) mass is 910 g/mol. The van der Waals surface area contributed by atoms with E-state index in [0.29, 0.717) is 42.2 Å². The highest BCUT2D eigenvalue weighted by Crippen LogP contribution is 2.31. The van der Waals surface area contributed by atoms with E-state index in [-0.39, 0.29) is 23.1 Å². The molecule has 1 aromatic heterocycles. The first-order valence-corrected chi connectivity index (χ1v) is 24.5. The molecule has 4 fully saturated rings. The smallest absolute Gasteiger partial charge is 0.246 e. The summed E-state index contributed by atoms with van der Waals surface area (Å²) in [4.78, 5) is 12.0. The molecule has 12 nitrogen and oxygen atoms in total. The van der Waals surface area contributed by atoms with Crippen LogP contribution in [0.25, 0.3) is 0 Å². The SMILES string of the molecule is CO[C@@H]1CCN(C2CCN(c3n[nH]c(N)n3)CC2)C(Cc2ccc(Cl)cc2)C1.CO[C@@H]1CCN(C2CCNCC2)C(Cc2ccc(Cl)cc2)C1.CSCS(C)=NC#N.Cl. The van der Waals surface area contributed by atoms with Crippen LogP contribution in [0.5, 0.6) is 0 Å². The van der Waals surface area contributed by atoms with Crippen LogP contribution >= 0.6 is 47.4 Å². The Hall–Kier alpha value is -2.16. The van der Waals surface area contributed by atoms with Gasteiger partial charge in [-0.3, -0.25) is 9.80 Å². The van der Waals surface area contributed by atoms with E-state index in [9.17, 15) is 0 Å². The number of aromatic nitrogens is 3. The summed E-state index contributed by atoms with van der Waals surface area (Å²) in [7, 11) is 3.64. The van der Waals surface area contributed by atoms with Gasteiger partial charge in [-0.1, -0.05) is 58.2 Å². The predicted octanol–water partition coefficient (Wildman–Crippen LogP) is 7.49. The topological polar surface area (TPSA) is 144 Å². The van der Waals surface area contributed by atoms with E-state index in [1.165, 1.54) is 30.5 Å². The number of ether oxygens (including phenoxy) is 2. The Labute approximate surface area is 375 Å². The number of benzene rings is 2. The molecule has 2 aromatic carbocycles. The molecule has 5 heterocycles. The van der Waals surface area contributed by atoms with E-state index in [0.717, 1.165) is 105 Å². The van der Waals surface area contributed by atoms with Crippen LogP contribution in [0.1, 0.15) is 62.5 Å². The van der Waals surface area contributed by atoms with Crippen molar-refractivity contribution < 1.29 is 9.47 Å². The molecule has 3 aromatic rings. The molecule has 59 heavy (non-hydrogen) atoms. The maximum absolute atomic E-state index is 8.04. The molecule has 0 saturated carbocycles. The van der Waals surface area contributed by atoms with Gasteiger partial charge >= 0.3 is 0 Å². The lowest BCUT2D eigenvalue weighted by atomic mass is 9.90. The second-order valence-electron chi connectivity index (χ2n) is 15.6. The third kappa shape index (κ3) is 15.9. The van der Waals surface area contributed by atoms with Crippen molar-refractivity contribution in [3.8, 4) is 6.19 Å². The van der Waals surface area contributed by atoms with Crippen LogP contribution < -0.4 is 16.0 Å². The Bertz CT molecular complexity index is 1700. The first kappa shape index (κ1) is 49.5. The zero-order valence-electron chi connectivity index (χ0n) is 35.1. The number of likely N-dealkylation sites (tertiary alicyclic amines) is 2. The van der Waals surface area contributed by atoms with Gasteiger partial charge in [-0.15, -0.1) is 17.5 Å². The highest BCUT2D eigenvalue weighted by Gasteiger charge is 2.36. The molecule has 7 rings (SSSR count). The average molecular weight is 913 g/mol. The Balaban J connectivity index is 0.000000221. The standard InChI is InChI=1S/C20H29ClN6O.C18H27ClN2O.C4H8N2S2.ClH/c1-28-18-8-11-27(17(13-18)12-14-2-4-15(21)5-3-14)16-6-9-26(10-7-16)20-23-19(22)24-25-20;1-22-18-8-11-21(16-6-9-20-10-7-16)17(13-18)12-14-2-4-15(19)5-3-14;1-7-4-8(2)6-3-5;/h2-5,16-18H,6-13H2,1H3,(H3,22,23,24,25);2-5,16-18,20H,6-13H2,1H3;4H2,1-2H3;1H/t2*17?,18-;;/m11../s1. The average Bonchev–Trinajstić information content (AvgIpc) is 3.69. The van der Waals surface area contributed by atoms with Gasteiger partial charge in [0.15, 0.2) is 0 Å². The Morgan fingerprint density at radius 3 is 1.75 bits per heavy atom. The second kappa shape index (κ2) is 26.3. The number of H-pyrrole nitrogens is 1. The van der Waals surface area contributed by atoms with E-state index in [1.54, 1.807) is 18.0 Å². The molecule has 4 aliphatic rings. The van der Waals surface area contributed by atoms with Crippen LogP contribution in [0.15, 0.2) is 52.9 Å². The fourth-order valence-electron chi connectivity index (χ4n) is 8.85. The van der Waals surface area contributed by atoms with Crippen LogP contribution in [0.2, 0.25) is 10.0 Å². The van der Waals surface area contributed by atoms with Crippen molar-refractivity contribution in [3.05, 3.63) is 69.7 Å². The third-order valence-corrected chi connectivity index (χ3v) is 15.0. The molecule has 0 aliphatic carbocycles. The first-order chi connectivity index (χ1) is 28.2. The van der Waals surface area contributed by atoms with Crippen molar-refractivity contribution in [1.29, 1.82) is 5.26 Å². The summed E-state index contributed by atoms with van der Waals surface area (Å²) in [5.41, 5.74) is 8.39. The molecule has 4 saturated heterocycles. The number of nitriles is 1. The molecule has 0 radical (unpaired) electrons. The lowest BCUT2D eigenvalue weighted by molar-refractivity contribution is -0.0121. The Morgan fingerprint density at radius 2 is 1.32 bits per heavy atom. The number of hydrogen-bond acceptors (Lipinski definition) is 12. The number of nitrogens with zero attached hydrogens (tertiary/aromatic N) is 7. The van der Waals surface area contributed by atoms with Gasteiger partial charge < -0.3 is 25.4 Å². The van der Waals surface area contributed by atoms with Crippen LogP contribution in [-0.2, 0) is 33.0 Å². The summed E-state index contributed by atoms with van der Waals surface area (Å²) in [5.74, 6) is 1.09. The third-order valence-electron chi connectivity index (χ3n) is 11.8. The van der Waals surface area contributed by atoms with Gasteiger partial charge in [-0.05, 0) is 125 Å². The Kier molecular flexibility index (Phi) is 22.1. The van der Waals surface area contributed by atoms with E-state index < -0.39 is 0 Å². The van der Waals surface area contributed by atoms with Crippen LogP contribution in [0.3, 0.4) is 0 Å². The number of nitrogens with one attached hydrogen (secondary N) is 2. The number of anilines is 2. The highest BCUT2D eigenvalue weighted by molar-refractivity contribution is 8.10. The van der Waals surface area contributed by atoms with Gasteiger partial charge in [-0.25, -0.2) is 5.10 Å². The number of halogens is 3. The van der Waals surface area contributed by atoms with Gasteiger partial charge in [0.05, 0.1) is 17.3 Å². The van der Waals surface area contributed by atoms with E-state index >= 15 is 0 Å². The molecular weight excluding hydrogens is 847 g/mol. The van der Waals surface area contributed by atoms with Crippen LogP contribution in [0, 0.1) is 11.5 Å². The molecule has 17 heteroatoms. The normalized spacial score (nSPS) is 23.8. The lowest BCUT2D eigenvalue weighted by Crippen LogP contribution is -2.54. The summed E-state index contributed by atoms with van der Waals surface area (Å²) in [6.07, 6.45) is 17.9. The first-order valence-electron chi connectivity index (χ1n) is 20.6. The summed E-state index contributed by atoms with van der Waals surface area (Å²) in [6.45, 7) is 6.49. The number of aromatic amines is 1. The van der Waals surface area contributed by atoms with Crippen molar-refractivity contribution in [1.82, 2.24) is 30.3 Å². The van der Waals surface area contributed by atoms with Crippen molar-refractivity contribution in [3.63, 3.8) is 0 Å². The van der Waals surface area contributed by atoms with Crippen molar-refractivity contribution in [2.24, 2.45) is 4.36 Å². The van der Waals surface area contributed by atoms with Crippen LogP contribution in [0.4, 0.5) is 11.9 Å². The molecule has 0 amide bonds. The number of thioether (sulfide) groups is 1. The zero-order chi connectivity index (χ0) is 41.3. The van der Waals surface area contributed by atoms with Crippen molar-refractivity contribution in [2.75, 3.05) is 81.7 Å². The largest absolute Gasteiger partial charge is 0.381 e. The minimum atomic E-state index is -0.0432. The summed E-state index contributed by atoms with van der Waals surface area (Å²) in [6, 6.07) is 19.0. The number of nitrogens with two attached hydrogens (primary N) is 1. The number of nitrogen functional groups attached to an aromatic ring is 1. The van der Waals surface area contributed by atoms with Gasteiger partial charge in [0.25, 0.3) is 0 Å². The summed E-state index contributed by atoms with van der Waals surface area (Å²) >= 11 is 13.8. The molecule has 328 valence electrons. The van der Waals surface area contributed by atoms with E-state index in [4.69, 9.17) is 43.7 Å². The number of methoxy groups -OCH3 is 2. The summed E-state index contributed by atoms with van der Waals surface area (Å²) < 4.78 is 15.0. The number of hydrogen-bond donors (Lipinski definition) is 3. The molecule has 5 atom stereocenters. The van der Waals surface area contributed by atoms with E-state index in [1.807, 2.05) is 51.0 Å².